The molecular formula is C9H20O2P+. The molecule has 2 unspecified atom stereocenters. The van der Waals surface area contributed by atoms with E-state index >= 15 is 0 Å². The smallest absolute Gasteiger partial charge is 0.161 e. The van der Waals surface area contributed by atoms with Gasteiger partial charge in [-0.3, -0.25) is 0 Å². The standard InChI is InChI=1S/C9H19O2P/c1-3-5-6-7-8-9(4-2)12(10)11/h9H,3-8H2,1-2H3/p+1. The third kappa shape index (κ3) is 5.68. The van der Waals surface area contributed by atoms with Crippen molar-refractivity contribution >= 4 is 8.03 Å². The van der Waals surface area contributed by atoms with Crippen molar-refractivity contribution in [1.82, 2.24) is 0 Å². The topological polar surface area (TPSA) is 37.3 Å². The van der Waals surface area contributed by atoms with Gasteiger partial charge < -0.3 is 0 Å². The molecule has 1 N–H and O–H groups in total. The molecule has 0 aromatic rings. The number of hydrogen-bond acceptors (Lipinski definition) is 1. The Hall–Kier alpha value is 0.0600. The zero-order valence-electron chi connectivity index (χ0n) is 8.12. The van der Waals surface area contributed by atoms with Gasteiger partial charge in [0.15, 0.2) is 5.66 Å². The van der Waals surface area contributed by atoms with E-state index in [1.807, 2.05) is 6.92 Å². The fraction of sp³-hybridized carbons (Fsp3) is 1.00. The first-order chi connectivity index (χ1) is 5.72. The lowest BCUT2D eigenvalue weighted by Gasteiger charge is -2.00. The second kappa shape index (κ2) is 7.70. The Balaban J connectivity index is 3.38. The minimum Gasteiger partial charge on any atom is -0.161 e. The number of rotatable bonds is 7. The fourth-order valence-corrected chi connectivity index (χ4v) is 1.99. The van der Waals surface area contributed by atoms with E-state index in [2.05, 4.69) is 6.92 Å². The van der Waals surface area contributed by atoms with Crippen LogP contribution in [0.25, 0.3) is 0 Å². The monoisotopic (exact) mass is 191 g/mol. The Kier molecular flexibility index (Phi) is 7.73. The first-order valence-corrected chi connectivity index (χ1v) is 6.15. The fourth-order valence-electron chi connectivity index (χ4n) is 1.28. The summed E-state index contributed by atoms with van der Waals surface area (Å²) in [6.07, 6.45) is 6.53. The first kappa shape index (κ1) is 12.1. The molecular weight excluding hydrogens is 171 g/mol. The van der Waals surface area contributed by atoms with Gasteiger partial charge in [-0.05, 0) is 23.8 Å². The van der Waals surface area contributed by atoms with Crippen molar-refractivity contribution in [3.8, 4) is 0 Å². The van der Waals surface area contributed by atoms with Crippen LogP contribution < -0.4 is 0 Å². The Bertz CT molecular complexity index is 126. The van der Waals surface area contributed by atoms with Crippen molar-refractivity contribution in [3.63, 3.8) is 0 Å². The van der Waals surface area contributed by atoms with E-state index in [9.17, 15) is 4.57 Å². The normalized spacial score (nSPS) is 14.4. The largest absolute Gasteiger partial charge is 0.508 e. The predicted octanol–water partition coefficient (Wildman–Crippen LogP) is 3.47. The summed E-state index contributed by atoms with van der Waals surface area (Å²) < 4.78 is 10.7. The summed E-state index contributed by atoms with van der Waals surface area (Å²) in [5.41, 5.74) is 0.0388. The van der Waals surface area contributed by atoms with Crippen LogP contribution in [0.15, 0.2) is 0 Å². The quantitative estimate of drug-likeness (QED) is 0.494. The average Bonchev–Trinajstić information content (AvgIpc) is 2.04. The van der Waals surface area contributed by atoms with Crippen LogP contribution in [0.4, 0.5) is 0 Å². The molecule has 0 bridgehead atoms. The van der Waals surface area contributed by atoms with E-state index in [1.54, 1.807) is 0 Å². The lowest BCUT2D eigenvalue weighted by Crippen LogP contribution is -1.99. The minimum atomic E-state index is -1.93. The SMILES string of the molecule is CCCCCCC(CC)[P+](=O)O. The minimum absolute atomic E-state index is 0.0388. The maximum Gasteiger partial charge on any atom is 0.508 e. The van der Waals surface area contributed by atoms with Crippen LogP contribution in [0.2, 0.25) is 0 Å². The van der Waals surface area contributed by atoms with E-state index in [0.29, 0.717) is 0 Å². The van der Waals surface area contributed by atoms with Gasteiger partial charge in [0, 0.05) is 0 Å². The predicted molar refractivity (Wildman–Crippen MR) is 52.7 cm³/mol. The van der Waals surface area contributed by atoms with E-state index in [1.165, 1.54) is 19.3 Å². The second-order valence-electron chi connectivity index (χ2n) is 3.21. The van der Waals surface area contributed by atoms with Crippen LogP contribution in [0.3, 0.4) is 0 Å². The molecule has 0 saturated heterocycles. The van der Waals surface area contributed by atoms with Crippen molar-refractivity contribution in [3.05, 3.63) is 0 Å². The molecule has 0 saturated carbocycles. The third-order valence-corrected chi connectivity index (χ3v) is 3.42. The highest BCUT2D eigenvalue weighted by atomic mass is 31.1. The molecule has 0 radical (unpaired) electrons. The molecule has 0 aromatic heterocycles. The maximum atomic E-state index is 10.7. The van der Waals surface area contributed by atoms with Crippen LogP contribution in [-0.4, -0.2) is 10.6 Å². The molecule has 72 valence electrons. The summed E-state index contributed by atoms with van der Waals surface area (Å²) in [7, 11) is -1.93. The average molecular weight is 191 g/mol. The van der Waals surface area contributed by atoms with Gasteiger partial charge >= 0.3 is 8.03 Å². The molecule has 3 heteroatoms. The molecule has 2 nitrogen and oxygen atoms in total. The molecule has 0 rings (SSSR count). The van der Waals surface area contributed by atoms with E-state index in [-0.39, 0.29) is 5.66 Å². The highest BCUT2D eigenvalue weighted by Crippen LogP contribution is 2.29. The van der Waals surface area contributed by atoms with Gasteiger partial charge in [-0.2, -0.15) is 4.89 Å². The Morgan fingerprint density at radius 2 is 1.92 bits per heavy atom. The summed E-state index contributed by atoms with van der Waals surface area (Å²) >= 11 is 0. The maximum absolute atomic E-state index is 10.7. The Morgan fingerprint density at radius 3 is 2.33 bits per heavy atom. The van der Waals surface area contributed by atoms with Crippen molar-refractivity contribution in [2.75, 3.05) is 0 Å². The van der Waals surface area contributed by atoms with E-state index < -0.39 is 8.03 Å². The van der Waals surface area contributed by atoms with Gasteiger partial charge in [0.1, 0.15) is 0 Å². The van der Waals surface area contributed by atoms with Crippen molar-refractivity contribution in [2.24, 2.45) is 0 Å². The number of unbranched alkanes of at least 4 members (excludes halogenated alkanes) is 3. The van der Waals surface area contributed by atoms with Crippen LogP contribution in [0, 0.1) is 0 Å². The van der Waals surface area contributed by atoms with E-state index in [0.717, 1.165) is 19.3 Å². The first-order valence-electron chi connectivity index (χ1n) is 4.87. The van der Waals surface area contributed by atoms with Gasteiger partial charge in [-0.15, -0.1) is 0 Å². The molecule has 0 aliphatic carbocycles. The van der Waals surface area contributed by atoms with Crippen molar-refractivity contribution in [2.45, 2.75) is 58.0 Å². The third-order valence-electron chi connectivity index (χ3n) is 2.17. The summed E-state index contributed by atoms with van der Waals surface area (Å²) in [5.74, 6) is 0. The van der Waals surface area contributed by atoms with Crippen LogP contribution in [-0.2, 0) is 4.57 Å². The van der Waals surface area contributed by atoms with Gasteiger partial charge in [-0.25, -0.2) is 0 Å². The molecule has 0 aliphatic rings. The van der Waals surface area contributed by atoms with Gasteiger partial charge in [0.2, 0.25) is 0 Å². The molecule has 0 aliphatic heterocycles. The molecule has 0 fully saturated rings. The summed E-state index contributed by atoms with van der Waals surface area (Å²) in [6, 6.07) is 0. The molecule has 0 amide bonds. The van der Waals surface area contributed by atoms with Crippen LogP contribution >= 0.6 is 8.03 Å². The summed E-state index contributed by atoms with van der Waals surface area (Å²) in [5, 5.41) is 0. The van der Waals surface area contributed by atoms with Gasteiger partial charge in [0.05, 0.1) is 0 Å². The second-order valence-corrected chi connectivity index (χ2v) is 4.55. The Morgan fingerprint density at radius 1 is 1.25 bits per heavy atom. The molecule has 0 heterocycles. The lowest BCUT2D eigenvalue weighted by atomic mass is 10.1. The van der Waals surface area contributed by atoms with E-state index in [4.69, 9.17) is 4.89 Å². The molecule has 12 heavy (non-hydrogen) atoms. The van der Waals surface area contributed by atoms with Gasteiger partial charge in [-0.1, -0.05) is 33.1 Å². The molecule has 2 atom stereocenters. The van der Waals surface area contributed by atoms with Crippen molar-refractivity contribution < 1.29 is 9.46 Å². The molecule has 0 spiro atoms. The molecule has 0 aromatic carbocycles. The zero-order valence-corrected chi connectivity index (χ0v) is 9.02. The van der Waals surface area contributed by atoms with Crippen molar-refractivity contribution in [1.29, 1.82) is 0 Å². The van der Waals surface area contributed by atoms with Gasteiger partial charge in [0.25, 0.3) is 0 Å². The summed E-state index contributed by atoms with van der Waals surface area (Å²) in [6.45, 7) is 4.15. The summed E-state index contributed by atoms with van der Waals surface area (Å²) in [4.78, 5) is 8.88. The lowest BCUT2D eigenvalue weighted by molar-refractivity contribution is 0.474. The Labute approximate surface area is 76.2 Å². The number of hydrogen-bond donors (Lipinski definition) is 1. The van der Waals surface area contributed by atoms with Crippen LogP contribution in [0.5, 0.6) is 0 Å². The highest BCUT2D eigenvalue weighted by molar-refractivity contribution is 7.38. The zero-order chi connectivity index (χ0) is 9.40. The highest BCUT2D eigenvalue weighted by Gasteiger charge is 2.25. The van der Waals surface area contributed by atoms with Crippen LogP contribution in [0.1, 0.15) is 52.4 Å².